The van der Waals surface area contributed by atoms with Crippen molar-refractivity contribution < 1.29 is 13.2 Å². The Bertz CT molecular complexity index is 462. The number of anilines is 1. The first-order chi connectivity index (χ1) is 8.06. The molecule has 1 heterocycles. The van der Waals surface area contributed by atoms with Crippen LogP contribution in [0.25, 0.3) is 0 Å². The Morgan fingerprint density at radius 3 is 2.82 bits per heavy atom. The number of rotatable bonds is 1. The number of amidine groups is 1. The summed E-state index contributed by atoms with van der Waals surface area (Å²) in [5, 5.41) is 3.11. The minimum absolute atomic E-state index is 0.139. The van der Waals surface area contributed by atoms with Gasteiger partial charge in [0.2, 0.25) is 0 Å². The molecule has 0 saturated heterocycles. The van der Waals surface area contributed by atoms with Crippen LogP contribution in [0.2, 0.25) is 0 Å². The molecule has 1 aromatic rings. The highest BCUT2D eigenvalue weighted by molar-refractivity contribution is 8.14. The van der Waals surface area contributed by atoms with Gasteiger partial charge in [-0.3, -0.25) is 4.99 Å². The quantitative estimate of drug-likeness (QED) is 0.783. The standard InChI is InChI=1S/C11H11F3N2S/c1-6-2-3-17-11(15-6)16-9-5-7(12)4-8(13)10(9)14/h4-6H,2-3H2,1H3,(H,15,16). The van der Waals surface area contributed by atoms with E-state index < -0.39 is 17.5 Å². The summed E-state index contributed by atoms with van der Waals surface area (Å²) < 4.78 is 39.3. The van der Waals surface area contributed by atoms with Crippen LogP contribution in [0.1, 0.15) is 13.3 Å². The van der Waals surface area contributed by atoms with E-state index in [2.05, 4.69) is 10.3 Å². The summed E-state index contributed by atoms with van der Waals surface area (Å²) in [4.78, 5) is 4.23. The Balaban J connectivity index is 2.24. The molecule has 92 valence electrons. The number of halogens is 3. The summed E-state index contributed by atoms with van der Waals surface area (Å²) in [7, 11) is 0. The van der Waals surface area contributed by atoms with Crippen molar-refractivity contribution in [2.24, 2.45) is 4.99 Å². The van der Waals surface area contributed by atoms with Gasteiger partial charge in [0.15, 0.2) is 16.8 Å². The molecule has 2 nitrogen and oxygen atoms in total. The number of benzene rings is 1. The van der Waals surface area contributed by atoms with Crippen LogP contribution < -0.4 is 5.32 Å². The Morgan fingerprint density at radius 2 is 2.12 bits per heavy atom. The smallest absolute Gasteiger partial charge is 0.182 e. The highest BCUT2D eigenvalue weighted by Gasteiger charge is 2.16. The molecule has 0 fully saturated rings. The molecule has 0 aromatic heterocycles. The number of hydrogen-bond donors (Lipinski definition) is 1. The average Bonchev–Trinajstić information content (AvgIpc) is 2.25. The second-order valence-electron chi connectivity index (χ2n) is 3.79. The van der Waals surface area contributed by atoms with E-state index in [0.29, 0.717) is 11.2 Å². The lowest BCUT2D eigenvalue weighted by Crippen LogP contribution is -2.18. The van der Waals surface area contributed by atoms with Crippen molar-refractivity contribution in [3.05, 3.63) is 29.6 Å². The minimum atomic E-state index is -1.21. The van der Waals surface area contributed by atoms with Crippen molar-refractivity contribution in [2.45, 2.75) is 19.4 Å². The minimum Gasteiger partial charge on any atom is -0.332 e. The van der Waals surface area contributed by atoms with Gasteiger partial charge in [0.1, 0.15) is 5.82 Å². The van der Waals surface area contributed by atoms with E-state index in [4.69, 9.17) is 0 Å². The molecule has 6 heteroatoms. The molecule has 0 amide bonds. The SMILES string of the molecule is CC1CCSC(Nc2cc(F)cc(F)c2F)=N1. The summed E-state index contributed by atoms with van der Waals surface area (Å²) in [5.74, 6) is -2.26. The maximum atomic E-state index is 13.4. The third kappa shape index (κ3) is 2.94. The van der Waals surface area contributed by atoms with Gasteiger partial charge in [-0.05, 0) is 13.3 Å². The summed E-state index contributed by atoms with van der Waals surface area (Å²) in [5.41, 5.74) is -0.220. The molecular weight excluding hydrogens is 249 g/mol. The molecule has 1 N–H and O–H groups in total. The van der Waals surface area contributed by atoms with Gasteiger partial charge in [0.25, 0.3) is 0 Å². The second-order valence-corrected chi connectivity index (χ2v) is 4.88. The molecule has 0 spiro atoms. The average molecular weight is 260 g/mol. The van der Waals surface area contributed by atoms with Crippen LogP contribution in [0.5, 0.6) is 0 Å². The van der Waals surface area contributed by atoms with Gasteiger partial charge >= 0.3 is 0 Å². The summed E-state index contributed by atoms with van der Waals surface area (Å²) in [6.45, 7) is 1.93. The molecule has 1 aromatic carbocycles. The van der Waals surface area contributed by atoms with Crippen molar-refractivity contribution in [3.63, 3.8) is 0 Å². The first kappa shape index (κ1) is 12.3. The van der Waals surface area contributed by atoms with Gasteiger partial charge in [0.05, 0.1) is 11.7 Å². The molecule has 0 bridgehead atoms. The third-order valence-electron chi connectivity index (χ3n) is 2.35. The van der Waals surface area contributed by atoms with Gasteiger partial charge in [-0.15, -0.1) is 0 Å². The van der Waals surface area contributed by atoms with Crippen LogP contribution >= 0.6 is 11.8 Å². The van der Waals surface area contributed by atoms with E-state index >= 15 is 0 Å². The van der Waals surface area contributed by atoms with Crippen LogP contribution in [-0.4, -0.2) is 17.0 Å². The van der Waals surface area contributed by atoms with E-state index in [1.165, 1.54) is 11.8 Å². The number of nitrogens with one attached hydrogen (secondary N) is 1. The topological polar surface area (TPSA) is 24.4 Å². The molecule has 0 radical (unpaired) electrons. The van der Waals surface area contributed by atoms with Crippen LogP contribution in [0.15, 0.2) is 17.1 Å². The Morgan fingerprint density at radius 1 is 1.35 bits per heavy atom. The fraction of sp³-hybridized carbons (Fsp3) is 0.364. The number of hydrogen-bond acceptors (Lipinski definition) is 3. The highest BCUT2D eigenvalue weighted by atomic mass is 32.2. The normalized spacial score (nSPS) is 20.0. The lowest BCUT2D eigenvalue weighted by atomic mass is 10.3. The lowest BCUT2D eigenvalue weighted by Gasteiger charge is -2.18. The van der Waals surface area contributed by atoms with Gasteiger partial charge < -0.3 is 5.32 Å². The fourth-order valence-corrected chi connectivity index (χ4v) is 2.55. The molecular formula is C11H11F3N2S. The Hall–Kier alpha value is -1.17. The van der Waals surface area contributed by atoms with Gasteiger partial charge in [-0.25, -0.2) is 13.2 Å². The molecule has 1 aliphatic heterocycles. The number of nitrogens with zero attached hydrogens (tertiary/aromatic N) is 1. The summed E-state index contributed by atoms with van der Waals surface area (Å²) in [6.07, 6.45) is 0.940. The molecule has 17 heavy (non-hydrogen) atoms. The molecule has 0 saturated carbocycles. The van der Waals surface area contributed by atoms with E-state index in [0.717, 1.165) is 18.2 Å². The third-order valence-corrected chi connectivity index (χ3v) is 3.27. The second kappa shape index (κ2) is 5.00. The first-order valence-corrected chi connectivity index (χ1v) is 6.17. The largest absolute Gasteiger partial charge is 0.332 e. The maximum absolute atomic E-state index is 13.4. The van der Waals surface area contributed by atoms with Crippen LogP contribution in [0.4, 0.5) is 18.9 Å². The van der Waals surface area contributed by atoms with Crippen molar-refractivity contribution in [2.75, 3.05) is 11.1 Å². The molecule has 1 aliphatic rings. The van der Waals surface area contributed by atoms with Gasteiger partial charge in [0, 0.05) is 17.9 Å². The first-order valence-electron chi connectivity index (χ1n) is 5.18. The monoisotopic (exact) mass is 260 g/mol. The van der Waals surface area contributed by atoms with Crippen molar-refractivity contribution >= 4 is 22.6 Å². The van der Waals surface area contributed by atoms with E-state index in [-0.39, 0.29) is 11.7 Å². The lowest BCUT2D eigenvalue weighted by molar-refractivity contribution is 0.498. The molecule has 2 rings (SSSR count). The number of thioether (sulfide) groups is 1. The fourth-order valence-electron chi connectivity index (χ4n) is 1.46. The number of aliphatic imine (C=N–C) groups is 1. The maximum Gasteiger partial charge on any atom is 0.182 e. The van der Waals surface area contributed by atoms with Gasteiger partial charge in [-0.2, -0.15) is 0 Å². The summed E-state index contributed by atoms with van der Waals surface area (Å²) in [6, 6.07) is 1.57. The highest BCUT2D eigenvalue weighted by Crippen LogP contribution is 2.23. The van der Waals surface area contributed by atoms with Gasteiger partial charge in [-0.1, -0.05) is 11.8 Å². The zero-order chi connectivity index (χ0) is 12.4. The summed E-state index contributed by atoms with van der Waals surface area (Å²) >= 11 is 1.41. The Kier molecular flexibility index (Phi) is 3.61. The van der Waals surface area contributed by atoms with E-state index in [1.54, 1.807) is 0 Å². The van der Waals surface area contributed by atoms with E-state index in [9.17, 15) is 13.2 Å². The molecule has 0 aliphatic carbocycles. The predicted molar refractivity (Wildman–Crippen MR) is 63.9 cm³/mol. The molecule has 1 unspecified atom stereocenters. The predicted octanol–water partition coefficient (Wildman–Crippen LogP) is 3.40. The van der Waals surface area contributed by atoms with E-state index in [1.807, 2.05) is 6.92 Å². The van der Waals surface area contributed by atoms with Crippen molar-refractivity contribution in [1.29, 1.82) is 0 Å². The van der Waals surface area contributed by atoms with Crippen LogP contribution in [0.3, 0.4) is 0 Å². The zero-order valence-electron chi connectivity index (χ0n) is 9.14. The molecule has 1 atom stereocenters. The van der Waals surface area contributed by atoms with Crippen LogP contribution in [-0.2, 0) is 0 Å². The van der Waals surface area contributed by atoms with Crippen molar-refractivity contribution in [3.8, 4) is 0 Å². The zero-order valence-corrected chi connectivity index (χ0v) is 9.95. The Labute approximate surface area is 101 Å². The van der Waals surface area contributed by atoms with Crippen LogP contribution in [0, 0.1) is 17.5 Å². The van der Waals surface area contributed by atoms with Crippen molar-refractivity contribution in [1.82, 2.24) is 0 Å².